The molecule has 1 saturated heterocycles. The van der Waals surface area contributed by atoms with Crippen LogP contribution in [-0.4, -0.2) is 35.2 Å². The third kappa shape index (κ3) is 5.15. The number of piperidine rings is 1. The first kappa shape index (κ1) is 17.6. The van der Waals surface area contributed by atoms with Gasteiger partial charge in [0, 0.05) is 32.2 Å². The van der Waals surface area contributed by atoms with E-state index in [9.17, 15) is 5.11 Å². The van der Waals surface area contributed by atoms with Crippen LogP contribution in [0, 0.1) is 0 Å². The molecule has 0 aliphatic carbocycles. The molecule has 2 N–H and O–H groups in total. The van der Waals surface area contributed by atoms with Gasteiger partial charge < -0.3 is 10.4 Å². The molecule has 0 spiro atoms. The fraction of sp³-hybridized carbons (Fsp3) is 0.500. The molecular weight excluding hydrogens is 316 g/mol. The van der Waals surface area contributed by atoms with Crippen molar-refractivity contribution in [3.8, 4) is 0 Å². The maximum atomic E-state index is 9.66. The first-order valence-corrected chi connectivity index (χ1v) is 9.86. The van der Waals surface area contributed by atoms with E-state index in [1.165, 1.54) is 16.7 Å². The summed E-state index contributed by atoms with van der Waals surface area (Å²) in [7, 11) is 0. The van der Waals surface area contributed by atoms with Crippen LogP contribution in [0.15, 0.2) is 41.1 Å². The smallest absolute Gasteiger partial charge is 0.0564 e. The van der Waals surface area contributed by atoms with Crippen LogP contribution in [0.3, 0.4) is 0 Å². The number of nitrogens with zero attached hydrogens (tertiary/aromatic N) is 1. The Kier molecular flexibility index (Phi) is 6.44. The lowest BCUT2D eigenvalue weighted by Crippen LogP contribution is -2.35. The minimum Gasteiger partial charge on any atom is -0.393 e. The van der Waals surface area contributed by atoms with Crippen molar-refractivity contribution in [2.24, 2.45) is 0 Å². The molecule has 24 heavy (non-hydrogen) atoms. The molecule has 4 heteroatoms. The molecule has 1 aliphatic heterocycles. The van der Waals surface area contributed by atoms with Gasteiger partial charge in [-0.3, -0.25) is 4.90 Å². The number of rotatable bonds is 7. The monoisotopic (exact) mass is 344 g/mol. The van der Waals surface area contributed by atoms with E-state index in [2.05, 4.69) is 58.2 Å². The lowest BCUT2D eigenvalue weighted by atomic mass is 10.0. The number of hydrogen-bond acceptors (Lipinski definition) is 4. The Hall–Kier alpha value is -1.20. The van der Waals surface area contributed by atoms with Crippen molar-refractivity contribution in [3.63, 3.8) is 0 Å². The van der Waals surface area contributed by atoms with E-state index in [-0.39, 0.29) is 6.10 Å². The molecule has 0 saturated carbocycles. The molecule has 1 aromatic heterocycles. The molecule has 3 nitrogen and oxygen atoms in total. The van der Waals surface area contributed by atoms with E-state index in [4.69, 9.17) is 0 Å². The van der Waals surface area contributed by atoms with Crippen LogP contribution in [0.4, 0.5) is 0 Å². The fourth-order valence-electron chi connectivity index (χ4n) is 3.32. The van der Waals surface area contributed by atoms with Crippen molar-refractivity contribution in [1.82, 2.24) is 10.2 Å². The van der Waals surface area contributed by atoms with Crippen molar-refractivity contribution >= 4 is 11.3 Å². The van der Waals surface area contributed by atoms with E-state index in [0.717, 1.165) is 45.4 Å². The van der Waals surface area contributed by atoms with Crippen molar-refractivity contribution in [2.75, 3.05) is 13.1 Å². The highest BCUT2D eigenvalue weighted by atomic mass is 32.1. The number of hydrogen-bond donors (Lipinski definition) is 2. The van der Waals surface area contributed by atoms with Gasteiger partial charge in [0.25, 0.3) is 0 Å². The van der Waals surface area contributed by atoms with Crippen LogP contribution in [0.5, 0.6) is 0 Å². The zero-order valence-electron chi connectivity index (χ0n) is 14.4. The van der Waals surface area contributed by atoms with Crippen LogP contribution >= 0.6 is 11.3 Å². The number of nitrogens with one attached hydrogen (secondary N) is 1. The van der Waals surface area contributed by atoms with Gasteiger partial charge in [0.05, 0.1) is 6.10 Å². The lowest BCUT2D eigenvalue weighted by molar-refractivity contribution is 0.0791. The summed E-state index contributed by atoms with van der Waals surface area (Å²) in [5.41, 5.74) is 4.21. The first-order valence-electron chi connectivity index (χ1n) is 8.92. The Bertz CT molecular complexity index is 606. The van der Waals surface area contributed by atoms with Crippen LogP contribution < -0.4 is 5.32 Å². The molecule has 1 atom stereocenters. The average Bonchev–Trinajstić information content (AvgIpc) is 3.09. The molecule has 1 aliphatic rings. The summed E-state index contributed by atoms with van der Waals surface area (Å²) < 4.78 is 0. The molecule has 130 valence electrons. The lowest BCUT2D eigenvalue weighted by Gasteiger charge is -2.30. The van der Waals surface area contributed by atoms with Gasteiger partial charge in [0.15, 0.2) is 0 Å². The van der Waals surface area contributed by atoms with Crippen LogP contribution in [-0.2, 0) is 19.5 Å². The summed E-state index contributed by atoms with van der Waals surface area (Å²) in [4.78, 5) is 2.46. The topological polar surface area (TPSA) is 35.5 Å². The summed E-state index contributed by atoms with van der Waals surface area (Å²) in [6.45, 7) is 6.16. The highest BCUT2D eigenvalue weighted by Gasteiger charge is 2.17. The molecule has 0 amide bonds. The zero-order chi connectivity index (χ0) is 16.8. The molecule has 3 rings (SSSR count). The third-order valence-electron chi connectivity index (χ3n) is 4.83. The highest BCUT2D eigenvalue weighted by Crippen LogP contribution is 2.17. The largest absolute Gasteiger partial charge is 0.393 e. The van der Waals surface area contributed by atoms with E-state index in [0.29, 0.717) is 6.04 Å². The van der Waals surface area contributed by atoms with Gasteiger partial charge >= 0.3 is 0 Å². The predicted octanol–water partition coefficient (Wildman–Crippen LogP) is 3.43. The number of likely N-dealkylation sites (tertiary alicyclic amines) is 1. The van der Waals surface area contributed by atoms with E-state index >= 15 is 0 Å². The molecule has 1 aromatic carbocycles. The van der Waals surface area contributed by atoms with Crippen LogP contribution in [0.1, 0.15) is 36.5 Å². The van der Waals surface area contributed by atoms with Gasteiger partial charge in [0.2, 0.25) is 0 Å². The Labute approximate surface area is 149 Å². The summed E-state index contributed by atoms with van der Waals surface area (Å²) in [5, 5.41) is 17.7. The summed E-state index contributed by atoms with van der Waals surface area (Å²) in [6.07, 6.45) is 2.78. The van der Waals surface area contributed by atoms with Crippen molar-refractivity contribution in [2.45, 2.75) is 51.4 Å². The molecule has 1 fully saturated rings. The second-order valence-electron chi connectivity index (χ2n) is 6.89. The highest BCUT2D eigenvalue weighted by molar-refractivity contribution is 7.07. The Morgan fingerprint density at radius 1 is 1.21 bits per heavy atom. The normalized spacial score (nSPS) is 17.9. The van der Waals surface area contributed by atoms with Gasteiger partial charge in [-0.15, -0.1) is 0 Å². The molecule has 0 unspecified atom stereocenters. The number of aliphatic hydroxyl groups is 1. The maximum absolute atomic E-state index is 9.66. The van der Waals surface area contributed by atoms with Crippen molar-refractivity contribution < 1.29 is 5.11 Å². The van der Waals surface area contributed by atoms with Crippen molar-refractivity contribution in [3.05, 3.63) is 57.8 Å². The SMILES string of the molecule is C[C@@H](Cc1ccsc1)NCc1ccccc1CN1CCC(O)CC1. The summed E-state index contributed by atoms with van der Waals surface area (Å²) >= 11 is 1.77. The van der Waals surface area contributed by atoms with Crippen LogP contribution in [0.2, 0.25) is 0 Å². The average molecular weight is 345 g/mol. The third-order valence-corrected chi connectivity index (χ3v) is 5.56. The van der Waals surface area contributed by atoms with Crippen LogP contribution in [0.25, 0.3) is 0 Å². The maximum Gasteiger partial charge on any atom is 0.0564 e. The molecular formula is C20H28N2OS. The number of thiophene rings is 1. The van der Waals surface area contributed by atoms with Gasteiger partial charge in [-0.05, 0) is 59.7 Å². The molecule has 2 aromatic rings. The quantitative estimate of drug-likeness (QED) is 0.808. The van der Waals surface area contributed by atoms with E-state index in [1.807, 2.05) is 0 Å². The number of benzene rings is 1. The zero-order valence-corrected chi connectivity index (χ0v) is 15.3. The Balaban J connectivity index is 1.53. The Morgan fingerprint density at radius 3 is 2.67 bits per heavy atom. The van der Waals surface area contributed by atoms with Gasteiger partial charge in [0.1, 0.15) is 0 Å². The predicted molar refractivity (Wildman–Crippen MR) is 101 cm³/mol. The van der Waals surface area contributed by atoms with E-state index in [1.54, 1.807) is 11.3 Å². The second-order valence-corrected chi connectivity index (χ2v) is 7.67. The fourth-order valence-corrected chi connectivity index (χ4v) is 4.00. The molecule has 0 bridgehead atoms. The minimum absolute atomic E-state index is 0.101. The van der Waals surface area contributed by atoms with Gasteiger partial charge in [-0.2, -0.15) is 11.3 Å². The first-order chi connectivity index (χ1) is 11.7. The van der Waals surface area contributed by atoms with Gasteiger partial charge in [-0.25, -0.2) is 0 Å². The standard InChI is InChI=1S/C20H28N2OS/c1-16(12-17-8-11-24-15-17)21-13-18-4-2-3-5-19(18)14-22-9-6-20(23)7-10-22/h2-5,8,11,15-16,20-21,23H,6-7,9-10,12-14H2,1H3/t16-/m0/s1. The summed E-state index contributed by atoms with van der Waals surface area (Å²) in [5.74, 6) is 0. The second kappa shape index (κ2) is 8.77. The minimum atomic E-state index is -0.101. The van der Waals surface area contributed by atoms with Crippen molar-refractivity contribution in [1.29, 1.82) is 0 Å². The molecule has 2 heterocycles. The number of aliphatic hydroxyl groups excluding tert-OH is 1. The summed E-state index contributed by atoms with van der Waals surface area (Å²) in [6, 6.07) is 11.4. The van der Waals surface area contributed by atoms with Gasteiger partial charge in [-0.1, -0.05) is 24.3 Å². The molecule has 0 radical (unpaired) electrons. The Morgan fingerprint density at radius 2 is 1.96 bits per heavy atom. The van der Waals surface area contributed by atoms with E-state index < -0.39 is 0 Å².